The molecular weight excluding hydrogens is 496 g/mol. The fraction of sp³-hybridized carbons (Fsp3) is 0.105. The van der Waals surface area contributed by atoms with Crippen LogP contribution in [0.4, 0.5) is 11.4 Å². The van der Waals surface area contributed by atoms with E-state index in [-0.39, 0.29) is 15.7 Å². The molecule has 4 N–H and O–H groups in total. The fourth-order valence-corrected chi connectivity index (χ4v) is 4.85. The summed E-state index contributed by atoms with van der Waals surface area (Å²) in [6.45, 7) is 1.87. The van der Waals surface area contributed by atoms with Crippen LogP contribution in [-0.2, 0) is 36.5 Å². The summed E-state index contributed by atoms with van der Waals surface area (Å²) in [7, 11) is -13.6. The van der Waals surface area contributed by atoms with Gasteiger partial charge in [0.1, 0.15) is 31.0 Å². The number of azo groups is 1. The number of benzene rings is 3. The van der Waals surface area contributed by atoms with Crippen LogP contribution in [0.5, 0.6) is 5.75 Å². The maximum atomic E-state index is 12.0. The van der Waals surface area contributed by atoms with Gasteiger partial charge in [0.05, 0.1) is 4.90 Å². The largest absolute Gasteiger partial charge is 0.505 e. The average molecular weight is 515 g/mol. The summed E-state index contributed by atoms with van der Waals surface area (Å²) in [6.07, 6.45) is 0.620. The lowest BCUT2D eigenvalue weighted by Gasteiger charge is -2.10. The predicted octanol–water partition coefficient (Wildman–Crippen LogP) is 3.56. The molecule has 33 heavy (non-hydrogen) atoms. The van der Waals surface area contributed by atoms with E-state index in [0.29, 0.717) is 6.42 Å². The van der Waals surface area contributed by atoms with Gasteiger partial charge in [0.15, 0.2) is 5.75 Å². The molecule has 0 saturated carbocycles. The molecule has 0 radical (unpaired) electrons. The number of aryl methyl sites for hydroxylation is 1. The third kappa shape index (κ3) is 5.21. The van der Waals surface area contributed by atoms with E-state index >= 15 is 0 Å². The molecule has 11 nitrogen and oxygen atoms in total. The molecule has 0 aromatic heterocycles. The number of fused-ring (bicyclic) bond motifs is 1. The van der Waals surface area contributed by atoms with Crippen LogP contribution < -0.4 is 0 Å². The molecule has 0 aliphatic rings. The lowest BCUT2D eigenvalue weighted by Crippen LogP contribution is -2.02. The molecule has 0 fully saturated rings. The lowest BCUT2D eigenvalue weighted by atomic mass is 10.0. The Labute approximate surface area is 189 Å². The van der Waals surface area contributed by atoms with Gasteiger partial charge in [0.25, 0.3) is 20.2 Å². The van der Waals surface area contributed by atoms with E-state index in [9.17, 15) is 39.8 Å². The number of phenolic OH excluding ortho intramolecular Hbond substituents is 1. The van der Waals surface area contributed by atoms with Crippen LogP contribution >= 0.6 is 0 Å². The van der Waals surface area contributed by atoms with Gasteiger partial charge in [-0.3, -0.25) is 9.11 Å². The zero-order chi connectivity index (χ0) is 24.8. The summed E-state index contributed by atoms with van der Waals surface area (Å²) in [4.78, 5) is -1.97. The minimum absolute atomic E-state index is 0.174. The molecule has 0 saturated heterocycles. The zero-order valence-corrected chi connectivity index (χ0v) is 19.4. The number of hydrogen-bond acceptors (Lipinski definition) is 8. The van der Waals surface area contributed by atoms with Crippen molar-refractivity contribution in [3.63, 3.8) is 0 Å². The first kappa shape index (κ1) is 24.8. The van der Waals surface area contributed by atoms with E-state index in [1.165, 1.54) is 6.07 Å². The Morgan fingerprint density at radius 1 is 0.848 bits per heavy atom. The first-order valence-corrected chi connectivity index (χ1v) is 13.6. The van der Waals surface area contributed by atoms with Crippen LogP contribution in [0.25, 0.3) is 10.8 Å². The molecule has 3 aromatic rings. The molecule has 3 aromatic carbocycles. The quantitative estimate of drug-likeness (QED) is 0.216. The van der Waals surface area contributed by atoms with Crippen molar-refractivity contribution in [1.29, 1.82) is 0 Å². The third-order valence-corrected chi connectivity index (χ3v) is 7.39. The summed E-state index contributed by atoms with van der Waals surface area (Å²) in [5, 5.41) is 18.3. The van der Waals surface area contributed by atoms with Crippen LogP contribution in [0, 0.1) is 0 Å². The molecule has 0 heterocycles. The Morgan fingerprint density at radius 3 is 2.03 bits per heavy atom. The molecule has 3 rings (SSSR count). The van der Waals surface area contributed by atoms with Crippen LogP contribution in [-0.4, -0.2) is 45.7 Å². The van der Waals surface area contributed by atoms with E-state index in [1.54, 1.807) is 12.1 Å². The van der Waals surface area contributed by atoms with Crippen LogP contribution in [0.2, 0.25) is 0 Å². The smallest absolute Gasteiger partial charge is 0.296 e. The number of rotatable bonds is 6. The minimum atomic E-state index is -4.92. The standard InChI is InChI=1S/C19H18N2O9S3/c1-3-11-4-6-14-12(8-11)9-17(33(28,29)30)18(19(14)22)21-20-15-10-13(31(2,23)24)5-7-16(15)32(25,26)27/h4-10,22H,2-3H2,1H3,(H,23,24)(H,25,26,27)(H,28,29,30). The van der Waals surface area contributed by atoms with E-state index in [1.807, 2.05) is 6.92 Å². The van der Waals surface area contributed by atoms with Gasteiger partial charge in [0, 0.05) is 5.39 Å². The van der Waals surface area contributed by atoms with Gasteiger partial charge >= 0.3 is 0 Å². The first-order chi connectivity index (χ1) is 15.1. The summed E-state index contributed by atoms with van der Waals surface area (Å²) in [6, 6.07) is 8.38. The molecule has 0 bridgehead atoms. The highest BCUT2D eigenvalue weighted by molar-refractivity contribution is 7.95. The van der Waals surface area contributed by atoms with E-state index in [2.05, 4.69) is 16.1 Å². The molecule has 1 atom stereocenters. The lowest BCUT2D eigenvalue weighted by molar-refractivity contribution is 0.472. The number of nitrogens with zero attached hydrogens (tertiary/aromatic N) is 2. The first-order valence-electron chi connectivity index (χ1n) is 9.02. The van der Waals surface area contributed by atoms with Gasteiger partial charge in [-0.25, -0.2) is 4.21 Å². The van der Waals surface area contributed by atoms with Crippen molar-refractivity contribution in [3.05, 3.63) is 48.0 Å². The van der Waals surface area contributed by atoms with Crippen molar-refractivity contribution in [2.45, 2.75) is 28.0 Å². The monoisotopic (exact) mass is 514 g/mol. The fourth-order valence-electron chi connectivity index (χ4n) is 3.01. The molecule has 0 aliphatic carbocycles. The number of phenols is 1. The molecule has 176 valence electrons. The summed E-state index contributed by atoms with van der Waals surface area (Å²) in [5.74, 6) is 2.38. The summed E-state index contributed by atoms with van der Waals surface area (Å²) >= 11 is 0. The molecule has 0 spiro atoms. The molecule has 0 amide bonds. The SMILES string of the molecule is C=S(=O)(O)c1ccc(S(=O)(=O)O)c(N=Nc2c(S(=O)(=O)O)cc3cc(CC)ccc3c2O)c1. The maximum Gasteiger partial charge on any atom is 0.296 e. The normalized spacial score (nSPS) is 14.5. The van der Waals surface area contributed by atoms with E-state index in [0.717, 1.165) is 29.8 Å². The van der Waals surface area contributed by atoms with Gasteiger partial charge in [-0.05, 0) is 47.5 Å². The third-order valence-electron chi connectivity index (χ3n) is 4.64. The number of hydrogen-bond donors (Lipinski definition) is 4. The highest BCUT2D eigenvalue weighted by atomic mass is 32.2. The highest BCUT2D eigenvalue weighted by Crippen LogP contribution is 2.42. The molecule has 1 unspecified atom stereocenters. The minimum Gasteiger partial charge on any atom is -0.505 e. The Hall–Kier alpha value is -2.88. The second-order valence-corrected chi connectivity index (χ2v) is 11.4. The van der Waals surface area contributed by atoms with Crippen LogP contribution in [0.15, 0.2) is 67.4 Å². The molecule has 0 aliphatic heterocycles. The Kier molecular flexibility index (Phi) is 6.36. The van der Waals surface area contributed by atoms with Crippen molar-refractivity contribution in [1.82, 2.24) is 0 Å². The zero-order valence-electron chi connectivity index (χ0n) is 16.9. The van der Waals surface area contributed by atoms with Gasteiger partial charge in [-0.1, -0.05) is 25.1 Å². The van der Waals surface area contributed by atoms with Gasteiger partial charge in [0.2, 0.25) is 0 Å². The van der Waals surface area contributed by atoms with Gasteiger partial charge < -0.3 is 9.66 Å². The molecule has 14 heteroatoms. The Morgan fingerprint density at radius 2 is 1.48 bits per heavy atom. The van der Waals surface area contributed by atoms with Gasteiger partial charge in [-0.2, -0.15) is 16.8 Å². The van der Waals surface area contributed by atoms with Crippen LogP contribution in [0.3, 0.4) is 0 Å². The highest BCUT2D eigenvalue weighted by Gasteiger charge is 2.23. The Bertz CT molecular complexity index is 1630. The van der Waals surface area contributed by atoms with E-state index in [4.69, 9.17) is 0 Å². The maximum absolute atomic E-state index is 12.0. The van der Waals surface area contributed by atoms with Gasteiger partial charge in [-0.15, -0.1) is 10.2 Å². The van der Waals surface area contributed by atoms with E-state index < -0.39 is 57.0 Å². The average Bonchev–Trinajstić information content (AvgIpc) is 2.70. The van der Waals surface area contributed by atoms with Crippen molar-refractivity contribution in [2.24, 2.45) is 10.2 Å². The predicted molar refractivity (Wildman–Crippen MR) is 121 cm³/mol. The van der Waals surface area contributed by atoms with Crippen LogP contribution in [0.1, 0.15) is 12.5 Å². The Balaban J connectivity index is 2.33. The topological polar surface area (TPSA) is 191 Å². The number of aromatic hydroxyl groups is 1. The summed E-state index contributed by atoms with van der Waals surface area (Å²) in [5.41, 5.74) is -0.518. The van der Waals surface area contributed by atoms with Crippen molar-refractivity contribution < 1.29 is 39.8 Å². The van der Waals surface area contributed by atoms with Crippen molar-refractivity contribution in [3.8, 4) is 5.75 Å². The van der Waals surface area contributed by atoms with Crippen molar-refractivity contribution in [2.75, 3.05) is 0 Å². The van der Waals surface area contributed by atoms with Crippen molar-refractivity contribution >= 4 is 58.1 Å². The molecular formula is C19H18N2O9S3. The second-order valence-electron chi connectivity index (χ2n) is 6.90. The summed E-state index contributed by atoms with van der Waals surface area (Å²) < 4.78 is 87.8. The second kappa shape index (κ2) is 8.48.